The molecule has 3 rings (SSSR count). The largest absolute Gasteiger partial charge is 0.337 e. The average molecular weight is 366 g/mol. The summed E-state index contributed by atoms with van der Waals surface area (Å²) >= 11 is 0. The summed E-state index contributed by atoms with van der Waals surface area (Å²) < 4.78 is 0. The normalized spacial score (nSPS) is 14.4. The van der Waals surface area contributed by atoms with Crippen LogP contribution in [-0.2, 0) is 4.79 Å². The van der Waals surface area contributed by atoms with E-state index in [1.165, 1.54) is 6.92 Å². The summed E-state index contributed by atoms with van der Waals surface area (Å²) in [5.74, 6) is -0.345. The zero-order valence-corrected chi connectivity index (χ0v) is 15.2. The van der Waals surface area contributed by atoms with Crippen molar-refractivity contribution in [3.05, 3.63) is 59.9 Å². The first kappa shape index (κ1) is 18.6. The number of amides is 3. The van der Waals surface area contributed by atoms with Crippen molar-refractivity contribution in [3.63, 3.8) is 0 Å². The molecule has 2 heterocycles. The predicted octanol–water partition coefficient (Wildman–Crippen LogP) is 2.03. The molecule has 0 spiro atoms. The summed E-state index contributed by atoms with van der Waals surface area (Å²) in [4.78, 5) is 44.1. The van der Waals surface area contributed by atoms with Gasteiger partial charge in [-0.25, -0.2) is 0 Å². The molecule has 0 radical (unpaired) electrons. The van der Waals surface area contributed by atoms with E-state index in [9.17, 15) is 14.4 Å². The lowest BCUT2D eigenvalue weighted by Crippen LogP contribution is -2.37. The lowest BCUT2D eigenvalue weighted by atomic mass is 10.1. The first-order chi connectivity index (χ1) is 13.0. The number of hydrogen-bond acceptors (Lipinski definition) is 4. The first-order valence-corrected chi connectivity index (χ1v) is 8.91. The van der Waals surface area contributed by atoms with Crippen LogP contribution in [0.3, 0.4) is 0 Å². The van der Waals surface area contributed by atoms with Gasteiger partial charge in [0.15, 0.2) is 0 Å². The number of carbonyl (C=O) groups is 3. The SMILES string of the molecule is CC(=O)Nc1cccc(C(=O)N2CCCN(C(=O)c3cccnc3)CC2)c1. The minimum absolute atomic E-state index is 0.0648. The second-order valence-corrected chi connectivity index (χ2v) is 6.44. The zero-order chi connectivity index (χ0) is 19.2. The second kappa shape index (κ2) is 8.44. The molecule has 0 unspecified atom stereocenters. The highest BCUT2D eigenvalue weighted by atomic mass is 16.2. The fourth-order valence-electron chi connectivity index (χ4n) is 3.11. The Morgan fingerprint density at radius 3 is 2.22 bits per heavy atom. The van der Waals surface area contributed by atoms with E-state index in [2.05, 4.69) is 10.3 Å². The van der Waals surface area contributed by atoms with Gasteiger partial charge in [0.1, 0.15) is 0 Å². The van der Waals surface area contributed by atoms with Gasteiger partial charge in [-0.1, -0.05) is 6.07 Å². The summed E-state index contributed by atoms with van der Waals surface area (Å²) in [6.45, 7) is 3.56. The van der Waals surface area contributed by atoms with Crippen molar-refractivity contribution >= 4 is 23.4 Å². The molecule has 7 heteroatoms. The fraction of sp³-hybridized carbons (Fsp3) is 0.300. The molecule has 1 aliphatic rings. The maximum atomic E-state index is 12.8. The van der Waals surface area contributed by atoms with Gasteiger partial charge in [-0.3, -0.25) is 19.4 Å². The topological polar surface area (TPSA) is 82.6 Å². The number of hydrogen-bond donors (Lipinski definition) is 1. The number of anilines is 1. The maximum Gasteiger partial charge on any atom is 0.255 e. The third-order valence-electron chi connectivity index (χ3n) is 4.41. The van der Waals surface area contributed by atoms with Crippen molar-refractivity contribution < 1.29 is 14.4 Å². The molecule has 3 amide bonds. The highest BCUT2D eigenvalue weighted by Gasteiger charge is 2.23. The molecule has 2 aromatic rings. The van der Waals surface area contributed by atoms with Crippen molar-refractivity contribution in [3.8, 4) is 0 Å². The number of benzene rings is 1. The van der Waals surface area contributed by atoms with Crippen LogP contribution in [0.2, 0.25) is 0 Å². The van der Waals surface area contributed by atoms with Crippen molar-refractivity contribution in [1.29, 1.82) is 0 Å². The Morgan fingerprint density at radius 1 is 0.926 bits per heavy atom. The number of aromatic nitrogens is 1. The van der Waals surface area contributed by atoms with Crippen molar-refractivity contribution in [1.82, 2.24) is 14.8 Å². The minimum atomic E-state index is -0.182. The monoisotopic (exact) mass is 366 g/mol. The van der Waals surface area contributed by atoms with Gasteiger partial charge in [-0.05, 0) is 36.8 Å². The number of rotatable bonds is 3. The molecule has 140 valence electrons. The van der Waals surface area contributed by atoms with Crippen LogP contribution in [0.25, 0.3) is 0 Å². The predicted molar refractivity (Wildman–Crippen MR) is 101 cm³/mol. The van der Waals surface area contributed by atoms with E-state index >= 15 is 0 Å². The number of pyridine rings is 1. The van der Waals surface area contributed by atoms with Gasteiger partial charge in [0.2, 0.25) is 5.91 Å². The van der Waals surface area contributed by atoms with Crippen molar-refractivity contribution in [2.24, 2.45) is 0 Å². The van der Waals surface area contributed by atoms with Crippen LogP contribution in [0.15, 0.2) is 48.8 Å². The molecule has 0 saturated carbocycles. The third-order valence-corrected chi connectivity index (χ3v) is 4.41. The van der Waals surface area contributed by atoms with Gasteiger partial charge in [0, 0.05) is 56.7 Å². The van der Waals surface area contributed by atoms with E-state index in [4.69, 9.17) is 0 Å². The molecule has 1 saturated heterocycles. The molecule has 1 aromatic carbocycles. The maximum absolute atomic E-state index is 12.8. The van der Waals surface area contributed by atoms with E-state index in [0.29, 0.717) is 49.4 Å². The summed E-state index contributed by atoms with van der Waals surface area (Å²) in [7, 11) is 0. The quantitative estimate of drug-likeness (QED) is 0.901. The molecular formula is C20H22N4O3. The zero-order valence-electron chi connectivity index (χ0n) is 15.2. The lowest BCUT2D eigenvalue weighted by molar-refractivity contribution is -0.114. The van der Waals surface area contributed by atoms with E-state index < -0.39 is 0 Å². The average Bonchev–Trinajstić information content (AvgIpc) is 2.93. The Balaban J connectivity index is 1.66. The number of carbonyl (C=O) groups excluding carboxylic acids is 3. The number of nitrogens with zero attached hydrogens (tertiary/aromatic N) is 3. The van der Waals surface area contributed by atoms with Gasteiger partial charge < -0.3 is 15.1 Å². The molecule has 1 aromatic heterocycles. The Kier molecular flexibility index (Phi) is 5.80. The van der Waals surface area contributed by atoms with E-state index in [1.54, 1.807) is 58.6 Å². The summed E-state index contributed by atoms with van der Waals surface area (Å²) in [6, 6.07) is 10.4. The molecule has 1 fully saturated rings. The van der Waals surface area contributed by atoms with E-state index in [0.717, 1.165) is 0 Å². The van der Waals surface area contributed by atoms with Crippen LogP contribution in [0.5, 0.6) is 0 Å². The van der Waals surface area contributed by atoms with Crippen molar-refractivity contribution in [2.45, 2.75) is 13.3 Å². The van der Waals surface area contributed by atoms with Gasteiger partial charge in [0.25, 0.3) is 11.8 Å². The second-order valence-electron chi connectivity index (χ2n) is 6.44. The smallest absolute Gasteiger partial charge is 0.255 e. The van der Waals surface area contributed by atoms with Gasteiger partial charge in [-0.2, -0.15) is 0 Å². The molecule has 1 aliphatic heterocycles. The molecule has 1 N–H and O–H groups in total. The lowest BCUT2D eigenvalue weighted by Gasteiger charge is -2.22. The molecule has 0 bridgehead atoms. The highest BCUT2D eigenvalue weighted by Crippen LogP contribution is 2.15. The Bertz CT molecular complexity index is 838. The van der Waals surface area contributed by atoms with Crippen LogP contribution < -0.4 is 5.32 Å². The van der Waals surface area contributed by atoms with Gasteiger partial charge in [-0.15, -0.1) is 0 Å². The van der Waals surface area contributed by atoms with Crippen LogP contribution in [0, 0.1) is 0 Å². The van der Waals surface area contributed by atoms with Crippen LogP contribution in [0.4, 0.5) is 5.69 Å². The first-order valence-electron chi connectivity index (χ1n) is 8.91. The molecule has 0 atom stereocenters. The molecule has 0 aliphatic carbocycles. The Labute approximate surface area is 158 Å². The van der Waals surface area contributed by atoms with Gasteiger partial charge >= 0.3 is 0 Å². The minimum Gasteiger partial charge on any atom is -0.337 e. The van der Waals surface area contributed by atoms with Crippen LogP contribution in [0.1, 0.15) is 34.1 Å². The van der Waals surface area contributed by atoms with Gasteiger partial charge in [0.05, 0.1) is 5.56 Å². The third kappa shape index (κ3) is 4.69. The van der Waals surface area contributed by atoms with Crippen LogP contribution in [-0.4, -0.2) is 58.7 Å². The molecule has 7 nitrogen and oxygen atoms in total. The summed E-state index contributed by atoms with van der Waals surface area (Å²) in [6.07, 6.45) is 3.90. The van der Waals surface area contributed by atoms with E-state index in [1.807, 2.05) is 0 Å². The standard InChI is InChI=1S/C20H22N4O3/c1-15(25)22-18-7-2-5-16(13-18)19(26)23-9-4-10-24(12-11-23)20(27)17-6-3-8-21-14-17/h2-3,5-8,13-14H,4,9-12H2,1H3,(H,22,25). The van der Waals surface area contributed by atoms with Crippen molar-refractivity contribution in [2.75, 3.05) is 31.5 Å². The number of nitrogens with one attached hydrogen (secondary N) is 1. The highest BCUT2D eigenvalue weighted by molar-refractivity contribution is 5.97. The molecular weight excluding hydrogens is 344 g/mol. The summed E-state index contributed by atoms with van der Waals surface area (Å²) in [5, 5.41) is 2.69. The fourth-order valence-corrected chi connectivity index (χ4v) is 3.11. The van der Waals surface area contributed by atoms with E-state index in [-0.39, 0.29) is 17.7 Å². The Morgan fingerprint density at radius 2 is 1.59 bits per heavy atom. The summed E-state index contributed by atoms with van der Waals surface area (Å²) in [5.41, 5.74) is 1.67. The Hall–Kier alpha value is -3.22. The molecule has 27 heavy (non-hydrogen) atoms. The van der Waals surface area contributed by atoms with Crippen LogP contribution >= 0.6 is 0 Å².